The van der Waals surface area contributed by atoms with E-state index in [1.54, 1.807) is 6.20 Å². The zero-order chi connectivity index (χ0) is 19.0. The summed E-state index contributed by atoms with van der Waals surface area (Å²) in [6.07, 6.45) is -1.15. The van der Waals surface area contributed by atoms with Crippen molar-refractivity contribution >= 4 is 17.6 Å². The summed E-state index contributed by atoms with van der Waals surface area (Å²) in [4.78, 5) is 17.4. The maximum absolute atomic E-state index is 13.3. The van der Waals surface area contributed by atoms with Gasteiger partial charge in [0.2, 0.25) is 0 Å². The highest BCUT2D eigenvalue weighted by atomic mass is 19.3. The molecular weight excluding hydrogens is 358 g/mol. The molecule has 9 heteroatoms. The average molecular weight is 378 g/mol. The van der Waals surface area contributed by atoms with Crippen LogP contribution in [0.3, 0.4) is 0 Å². The Labute approximate surface area is 154 Å². The van der Waals surface area contributed by atoms with E-state index in [1.807, 2.05) is 29.7 Å². The monoisotopic (exact) mass is 378 g/mol. The lowest BCUT2D eigenvalue weighted by Gasteiger charge is -2.18. The van der Waals surface area contributed by atoms with Crippen molar-refractivity contribution in [2.75, 3.05) is 30.0 Å². The van der Waals surface area contributed by atoms with Crippen LogP contribution in [0.1, 0.15) is 13.3 Å². The topological polar surface area (TPSA) is 68.6 Å². The summed E-state index contributed by atoms with van der Waals surface area (Å²) in [5.74, 6) is 1.41. The summed E-state index contributed by atoms with van der Waals surface area (Å²) in [7, 11) is 0. The first-order valence-corrected chi connectivity index (χ1v) is 8.91. The number of alkyl halides is 2. The molecule has 1 aromatic carbocycles. The van der Waals surface area contributed by atoms with Gasteiger partial charge in [-0.25, -0.2) is 23.5 Å². The van der Waals surface area contributed by atoms with Crippen molar-refractivity contribution in [1.29, 1.82) is 0 Å². The third-order valence-corrected chi connectivity index (χ3v) is 4.61. The summed E-state index contributed by atoms with van der Waals surface area (Å²) in [5, 5.41) is 3.23. The number of carbonyl (C=O) groups excluding carboxylic acids is 1. The number of hydrogen-bond acceptors (Lipinski definition) is 5. The summed E-state index contributed by atoms with van der Waals surface area (Å²) in [6, 6.07) is 4.37. The maximum Gasteiger partial charge on any atom is 0.416 e. The number of nitrogens with one attached hydrogen (secondary N) is 1. The Morgan fingerprint density at radius 2 is 2.22 bits per heavy atom. The molecule has 1 aromatic heterocycles. The van der Waals surface area contributed by atoms with Gasteiger partial charge in [0.15, 0.2) is 5.82 Å². The predicted octanol–water partition coefficient (Wildman–Crippen LogP) is 3.35. The van der Waals surface area contributed by atoms with Gasteiger partial charge in [-0.15, -0.1) is 0 Å². The quantitative estimate of drug-likeness (QED) is 0.884. The van der Waals surface area contributed by atoms with Crippen LogP contribution in [0.5, 0.6) is 5.75 Å². The number of nitrogens with zero attached hydrogens (tertiary/aromatic N) is 3. The zero-order valence-corrected chi connectivity index (χ0v) is 14.8. The number of rotatable bonds is 4. The number of ether oxygens (including phenoxy) is 2. The number of hydrogen-bond donors (Lipinski definition) is 1. The molecule has 1 amide bonds. The van der Waals surface area contributed by atoms with Crippen molar-refractivity contribution in [1.82, 2.24) is 9.55 Å². The predicted molar refractivity (Wildman–Crippen MR) is 95.6 cm³/mol. The van der Waals surface area contributed by atoms with Gasteiger partial charge in [-0.1, -0.05) is 0 Å². The number of halogens is 2. The lowest BCUT2D eigenvalue weighted by Crippen LogP contribution is -2.38. The second kappa shape index (κ2) is 7.05. The van der Waals surface area contributed by atoms with Crippen LogP contribution in [-0.4, -0.2) is 47.9 Å². The highest BCUT2D eigenvalue weighted by Crippen LogP contribution is 2.36. The van der Waals surface area contributed by atoms with Crippen LogP contribution in [0.2, 0.25) is 0 Å². The molecule has 4 rings (SSSR count). The number of aromatic nitrogens is 2. The molecule has 3 heterocycles. The van der Waals surface area contributed by atoms with Crippen molar-refractivity contribution in [3.8, 4) is 17.1 Å². The molecule has 1 fully saturated rings. The van der Waals surface area contributed by atoms with Gasteiger partial charge in [0.25, 0.3) is 6.43 Å². The van der Waals surface area contributed by atoms with E-state index in [0.717, 1.165) is 29.1 Å². The van der Waals surface area contributed by atoms with Crippen LogP contribution in [0.25, 0.3) is 11.4 Å². The van der Waals surface area contributed by atoms with E-state index in [-0.39, 0.29) is 12.4 Å². The minimum Gasteiger partial charge on any atom is -0.493 e. The highest BCUT2D eigenvalue weighted by Gasteiger charge is 2.42. The third kappa shape index (κ3) is 3.17. The Morgan fingerprint density at radius 1 is 1.37 bits per heavy atom. The second-order valence-electron chi connectivity index (χ2n) is 6.41. The Hall–Kier alpha value is -2.84. The van der Waals surface area contributed by atoms with Gasteiger partial charge in [0.1, 0.15) is 24.2 Å². The molecule has 2 aliphatic rings. The van der Waals surface area contributed by atoms with Crippen molar-refractivity contribution in [3.63, 3.8) is 0 Å². The summed E-state index contributed by atoms with van der Waals surface area (Å²) in [6.45, 7) is 3.58. The van der Waals surface area contributed by atoms with Crippen LogP contribution in [0, 0.1) is 0 Å². The van der Waals surface area contributed by atoms with E-state index < -0.39 is 18.6 Å². The second-order valence-corrected chi connectivity index (χ2v) is 6.41. The summed E-state index contributed by atoms with van der Waals surface area (Å²) in [5.41, 5.74) is 1.68. The third-order valence-electron chi connectivity index (χ3n) is 4.61. The number of benzene rings is 1. The van der Waals surface area contributed by atoms with Gasteiger partial charge in [-0.3, -0.25) is 0 Å². The van der Waals surface area contributed by atoms with E-state index >= 15 is 0 Å². The fourth-order valence-electron chi connectivity index (χ4n) is 3.35. The number of carbonyl (C=O) groups is 1. The van der Waals surface area contributed by atoms with Crippen LogP contribution >= 0.6 is 0 Å². The summed E-state index contributed by atoms with van der Waals surface area (Å²) < 4.78 is 39.1. The number of fused-ring (bicyclic) bond motifs is 3. The normalized spacial score (nSPS) is 19.0. The fourth-order valence-corrected chi connectivity index (χ4v) is 3.35. The van der Waals surface area contributed by atoms with E-state index in [0.29, 0.717) is 24.7 Å². The van der Waals surface area contributed by atoms with E-state index in [2.05, 4.69) is 10.3 Å². The van der Waals surface area contributed by atoms with Crippen molar-refractivity contribution in [3.05, 3.63) is 24.4 Å². The Balaban J connectivity index is 1.76. The van der Waals surface area contributed by atoms with Gasteiger partial charge in [0, 0.05) is 31.0 Å². The van der Waals surface area contributed by atoms with E-state index in [1.165, 1.54) is 0 Å². The molecule has 0 aliphatic carbocycles. The molecule has 2 aliphatic heterocycles. The van der Waals surface area contributed by atoms with Crippen molar-refractivity contribution in [2.45, 2.75) is 32.4 Å². The number of anilines is 2. The first-order chi connectivity index (χ1) is 13.1. The molecule has 7 nitrogen and oxygen atoms in total. The molecular formula is C18H20F2N4O3. The smallest absolute Gasteiger partial charge is 0.416 e. The molecule has 0 saturated carbocycles. The number of cyclic esters (lactones) is 1. The molecule has 2 aromatic rings. The lowest BCUT2D eigenvalue weighted by atomic mass is 10.1. The minimum absolute atomic E-state index is 0.168. The molecule has 144 valence electrons. The van der Waals surface area contributed by atoms with Gasteiger partial charge in [-0.05, 0) is 25.5 Å². The molecule has 1 unspecified atom stereocenters. The largest absolute Gasteiger partial charge is 0.493 e. The fraction of sp³-hybridized carbons (Fsp3) is 0.444. The van der Waals surface area contributed by atoms with Crippen LogP contribution in [0.4, 0.5) is 25.1 Å². The van der Waals surface area contributed by atoms with E-state index in [4.69, 9.17) is 9.47 Å². The highest BCUT2D eigenvalue weighted by molar-refractivity contribution is 5.89. The minimum atomic E-state index is -2.71. The van der Waals surface area contributed by atoms with Gasteiger partial charge < -0.3 is 19.4 Å². The number of aryl methyl sites for hydroxylation is 1. The maximum atomic E-state index is 13.3. The molecule has 1 atom stereocenters. The van der Waals surface area contributed by atoms with Gasteiger partial charge in [-0.2, -0.15) is 0 Å². The molecule has 1 N–H and O–H groups in total. The Kier molecular flexibility index (Phi) is 4.59. The molecule has 27 heavy (non-hydrogen) atoms. The zero-order valence-electron chi connectivity index (χ0n) is 14.8. The Bertz CT molecular complexity index is 855. The molecule has 0 radical (unpaired) electrons. The van der Waals surface area contributed by atoms with Crippen molar-refractivity contribution in [2.24, 2.45) is 0 Å². The SMILES string of the molecule is CCNc1ccc2c(c1)OCCCn1cc(N3C(=O)OCC3C(F)F)nc1-2. The average Bonchev–Trinajstić information content (AvgIpc) is 3.20. The van der Waals surface area contributed by atoms with E-state index in [9.17, 15) is 13.6 Å². The van der Waals surface area contributed by atoms with Gasteiger partial charge >= 0.3 is 6.09 Å². The Morgan fingerprint density at radius 3 is 3.00 bits per heavy atom. The van der Waals surface area contributed by atoms with Crippen LogP contribution in [-0.2, 0) is 11.3 Å². The number of imidazole rings is 1. The standard InChI is InChI=1S/C18H20F2N4O3/c1-2-21-11-4-5-12-14(8-11)26-7-3-6-23-9-15(22-17(12)23)24-13(16(19)20)10-27-18(24)25/h4-5,8-9,13,16,21H,2-3,6-7,10H2,1H3. The van der Waals surface area contributed by atoms with Crippen LogP contribution < -0.4 is 15.0 Å². The number of amides is 1. The van der Waals surface area contributed by atoms with Crippen LogP contribution in [0.15, 0.2) is 24.4 Å². The van der Waals surface area contributed by atoms with Gasteiger partial charge in [0.05, 0.1) is 12.2 Å². The molecule has 1 saturated heterocycles. The van der Waals surface area contributed by atoms with Crippen molar-refractivity contribution < 1.29 is 23.0 Å². The first-order valence-electron chi connectivity index (χ1n) is 8.91. The molecule has 0 spiro atoms. The summed E-state index contributed by atoms with van der Waals surface area (Å²) >= 11 is 0. The molecule has 0 bridgehead atoms. The first kappa shape index (κ1) is 17.6. The lowest BCUT2D eigenvalue weighted by molar-refractivity contribution is 0.104.